The van der Waals surface area contributed by atoms with Gasteiger partial charge < -0.3 is 10.6 Å². The van der Waals surface area contributed by atoms with Gasteiger partial charge in [-0.15, -0.1) is 11.3 Å². The van der Waals surface area contributed by atoms with Crippen LogP contribution in [0.1, 0.15) is 27.4 Å². The maximum atomic E-state index is 12.4. The number of rotatable bonds is 2. The third kappa shape index (κ3) is 2.10. The second kappa shape index (κ2) is 4.82. The van der Waals surface area contributed by atoms with E-state index < -0.39 is 4.92 Å². The molecule has 1 amide bonds. The highest BCUT2D eigenvalue weighted by molar-refractivity contribution is 7.14. The van der Waals surface area contributed by atoms with Gasteiger partial charge in [0.05, 0.1) is 14.7 Å². The smallest absolute Gasteiger partial charge is 0.283 e. The molecule has 0 bridgehead atoms. The molecule has 1 aromatic rings. The average Bonchev–Trinajstić information content (AvgIpc) is 3.05. The van der Waals surface area contributed by atoms with Crippen LogP contribution in [0.5, 0.6) is 0 Å². The van der Waals surface area contributed by atoms with E-state index in [-0.39, 0.29) is 17.6 Å². The van der Waals surface area contributed by atoms with Gasteiger partial charge in [0.15, 0.2) is 0 Å². The number of carbonyl (C=O) groups is 1. The van der Waals surface area contributed by atoms with Gasteiger partial charge in [0.1, 0.15) is 0 Å². The number of likely N-dealkylation sites (tertiary alicyclic amines) is 1. The summed E-state index contributed by atoms with van der Waals surface area (Å²) in [5, 5.41) is 10.9. The Morgan fingerprint density at radius 2 is 2.25 bits per heavy atom. The summed E-state index contributed by atoms with van der Waals surface area (Å²) in [5.74, 6) is 0.813. The minimum atomic E-state index is -0.433. The maximum absolute atomic E-state index is 12.4. The predicted molar refractivity (Wildman–Crippen MR) is 75.8 cm³/mol. The molecule has 0 aromatic carbocycles. The fourth-order valence-electron chi connectivity index (χ4n) is 3.39. The van der Waals surface area contributed by atoms with E-state index in [0.29, 0.717) is 28.1 Å². The molecule has 2 N–H and O–H groups in total. The molecule has 3 unspecified atom stereocenters. The van der Waals surface area contributed by atoms with Gasteiger partial charge in [-0.3, -0.25) is 14.9 Å². The Hall–Kier alpha value is -1.47. The minimum Gasteiger partial charge on any atom is -0.337 e. The van der Waals surface area contributed by atoms with Crippen LogP contribution >= 0.6 is 11.3 Å². The summed E-state index contributed by atoms with van der Waals surface area (Å²) in [7, 11) is 0. The summed E-state index contributed by atoms with van der Waals surface area (Å²) in [5.41, 5.74) is 6.10. The second-order valence-electron chi connectivity index (χ2n) is 5.68. The topological polar surface area (TPSA) is 89.5 Å². The number of nitro groups is 1. The Morgan fingerprint density at radius 3 is 2.85 bits per heavy atom. The van der Waals surface area contributed by atoms with Crippen LogP contribution in [0, 0.1) is 28.9 Å². The number of aryl methyl sites for hydroxylation is 1. The monoisotopic (exact) mass is 295 g/mol. The average molecular weight is 295 g/mol. The van der Waals surface area contributed by atoms with Crippen molar-refractivity contribution in [3.05, 3.63) is 25.9 Å². The van der Waals surface area contributed by atoms with E-state index in [9.17, 15) is 14.9 Å². The summed E-state index contributed by atoms with van der Waals surface area (Å²) in [6.07, 6.45) is 2.13. The number of carbonyl (C=O) groups excluding carboxylic acids is 1. The molecule has 2 heterocycles. The normalized spacial score (nSPS) is 28.7. The molecule has 1 aliphatic heterocycles. The molecule has 2 fully saturated rings. The Labute approximate surface area is 120 Å². The van der Waals surface area contributed by atoms with E-state index in [1.54, 1.807) is 6.92 Å². The second-order valence-corrected chi connectivity index (χ2v) is 6.94. The quantitative estimate of drug-likeness (QED) is 0.665. The van der Waals surface area contributed by atoms with Crippen molar-refractivity contribution in [3.8, 4) is 0 Å². The molecule has 1 aromatic heterocycles. The van der Waals surface area contributed by atoms with Crippen molar-refractivity contribution in [2.75, 3.05) is 13.1 Å². The zero-order chi connectivity index (χ0) is 14.4. The van der Waals surface area contributed by atoms with Gasteiger partial charge in [0.2, 0.25) is 0 Å². The maximum Gasteiger partial charge on any atom is 0.283 e. The Balaban J connectivity index is 1.77. The van der Waals surface area contributed by atoms with Gasteiger partial charge >= 0.3 is 0 Å². The molecule has 1 saturated carbocycles. The van der Waals surface area contributed by atoms with E-state index >= 15 is 0 Å². The van der Waals surface area contributed by atoms with Crippen LogP contribution in [0.4, 0.5) is 5.69 Å². The van der Waals surface area contributed by atoms with Crippen LogP contribution in [0.15, 0.2) is 6.07 Å². The first-order chi connectivity index (χ1) is 9.47. The molecule has 3 rings (SSSR count). The predicted octanol–water partition coefficient (Wildman–Crippen LogP) is 1.77. The number of thiophene rings is 1. The van der Waals surface area contributed by atoms with Gasteiger partial charge in [-0.1, -0.05) is 0 Å². The lowest BCUT2D eigenvalue weighted by Gasteiger charge is -2.17. The zero-order valence-electron chi connectivity index (χ0n) is 11.2. The Kier molecular flexibility index (Phi) is 3.25. The lowest BCUT2D eigenvalue weighted by molar-refractivity contribution is -0.385. The number of fused-ring (bicyclic) bond motifs is 1. The van der Waals surface area contributed by atoms with Gasteiger partial charge in [0.25, 0.3) is 11.6 Å². The van der Waals surface area contributed by atoms with Crippen molar-refractivity contribution in [2.24, 2.45) is 17.6 Å². The number of nitrogens with two attached hydrogens (primary N) is 1. The van der Waals surface area contributed by atoms with Crippen molar-refractivity contribution in [1.29, 1.82) is 0 Å². The van der Waals surface area contributed by atoms with Gasteiger partial charge in [-0.25, -0.2) is 0 Å². The highest BCUT2D eigenvalue weighted by atomic mass is 32.1. The van der Waals surface area contributed by atoms with Crippen molar-refractivity contribution in [2.45, 2.75) is 25.8 Å². The fourth-order valence-corrected chi connectivity index (χ4v) is 4.34. The summed E-state index contributed by atoms with van der Waals surface area (Å²) in [6, 6.07) is 1.59. The van der Waals surface area contributed by atoms with Crippen LogP contribution in [0.2, 0.25) is 0 Å². The largest absolute Gasteiger partial charge is 0.337 e. The van der Waals surface area contributed by atoms with Crippen LogP contribution < -0.4 is 5.73 Å². The standard InChI is InChI=1S/C13H17N3O3S/c1-7-11(16(18)19)4-12(20-7)13(17)15-5-8-2-3-10(14)9(8)6-15/h4,8-10H,2-3,5-6,14H2,1H3. The van der Waals surface area contributed by atoms with E-state index in [1.165, 1.54) is 17.4 Å². The molecule has 6 nitrogen and oxygen atoms in total. The van der Waals surface area contributed by atoms with Crippen molar-refractivity contribution < 1.29 is 9.72 Å². The van der Waals surface area contributed by atoms with E-state index in [2.05, 4.69) is 0 Å². The van der Waals surface area contributed by atoms with Gasteiger partial charge in [-0.05, 0) is 31.6 Å². The number of amides is 1. The van der Waals surface area contributed by atoms with Gasteiger partial charge in [0, 0.05) is 25.2 Å². The first kappa shape index (κ1) is 13.5. The molecule has 2 aliphatic rings. The minimum absolute atomic E-state index is 0.0365. The molecule has 0 radical (unpaired) electrons. The Morgan fingerprint density at radius 1 is 1.50 bits per heavy atom. The number of nitrogens with zero attached hydrogens (tertiary/aromatic N) is 2. The first-order valence-electron chi connectivity index (χ1n) is 6.77. The third-order valence-electron chi connectivity index (χ3n) is 4.50. The lowest BCUT2D eigenvalue weighted by atomic mass is 9.98. The molecule has 0 spiro atoms. The lowest BCUT2D eigenvalue weighted by Crippen LogP contribution is -2.33. The summed E-state index contributed by atoms with van der Waals surface area (Å²) in [6.45, 7) is 3.10. The van der Waals surface area contributed by atoms with Crippen LogP contribution in [0.25, 0.3) is 0 Å². The molecule has 3 atom stereocenters. The SMILES string of the molecule is Cc1sc(C(=O)N2CC3CCC(N)C3C2)cc1[N+](=O)[O-]. The number of hydrogen-bond donors (Lipinski definition) is 1. The molecule has 108 valence electrons. The van der Waals surface area contributed by atoms with Crippen LogP contribution in [0.3, 0.4) is 0 Å². The third-order valence-corrected chi connectivity index (χ3v) is 5.53. The van der Waals surface area contributed by atoms with Crippen LogP contribution in [-0.4, -0.2) is 34.9 Å². The summed E-state index contributed by atoms with van der Waals surface area (Å²) >= 11 is 1.20. The molecule has 7 heteroatoms. The van der Waals surface area contributed by atoms with E-state index in [1.807, 2.05) is 4.90 Å². The molecule has 1 saturated heterocycles. The highest BCUT2D eigenvalue weighted by Gasteiger charge is 2.43. The fraction of sp³-hybridized carbons (Fsp3) is 0.615. The number of hydrogen-bond acceptors (Lipinski definition) is 5. The van der Waals surface area contributed by atoms with Crippen molar-refractivity contribution >= 4 is 22.9 Å². The summed E-state index contributed by atoms with van der Waals surface area (Å²) in [4.78, 5) is 25.7. The highest BCUT2D eigenvalue weighted by Crippen LogP contribution is 2.38. The molecular formula is C13H17N3O3S. The van der Waals surface area contributed by atoms with Crippen LogP contribution in [-0.2, 0) is 0 Å². The van der Waals surface area contributed by atoms with Gasteiger partial charge in [-0.2, -0.15) is 0 Å². The summed E-state index contributed by atoms with van der Waals surface area (Å²) < 4.78 is 0. The molecular weight excluding hydrogens is 278 g/mol. The zero-order valence-corrected chi connectivity index (χ0v) is 12.1. The van der Waals surface area contributed by atoms with E-state index in [4.69, 9.17) is 5.73 Å². The molecule has 1 aliphatic carbocycles. The first-order valence-corrected chi connectivity index (χ1v) is 7.58. The Bertz CT molecular complexity index is 571. The van der Waals surface area contributed by atoms with Crippen molar-refractivity contribution in [3.63, 3.8) is 0 Å². The molecule has 20 heavy (non-hydrogen) atoms. The van der Waals surface area contributed by atoms with E-state index in [0.717, 1.165) is 19.4 Å². The van der Waals surface area contributed by atoms with Crippen molar-refractivity contribution in [1.82, 2.24) is 4.90 Å².